The molecule has 0 unspecified atom stereocenters. The van der Waals surface area contributed by atoms with E-state index in [9.17, 15) is 0 Å². The molecule has 0 amide bonds. The van der Waals surface area contributed by atoms with Gasteiger partial charge in [0.2, 0.25) is 5.52 Å². The van der Waals surface area contributed by atoms with Crippen LogP contribution in [0.15, 0.2) is 48.7 Å². The van der Waals surface area contributed by atoms with Crippen LogP contribution in [0.25, 0.3) is 27.6 Å². The maximum atomic E-state index is 4.89. The fourth-order valence-corrected chi connectivity index (χ4v) is 3.78. The Labute approximate surface area is 128 Å². The van der Waals surface area contributed by atoms with E-state index in [2.05, 4.69) is 71.8 Å². The van der Waals surface area contributed by atoms with Crippen LogP contribution in [0.5, 0.6) is 0 Å². The Morgan fingerprint density at radius 2 is 2.00 bits per heavy atom. The van der Waals surface area contributed by atoms with Gasteiger partial charge in [-0.2, -0.15) is 4.57 Å². The van der Waals surface area contributed by atoms with Crippen molar-refractivity contribution in [2.75, 3.05) is 0 Å². The van der Waals surface area contributed by atoms with Crippen LogP contribution in [0.2, 0.25) is 0 Å². The minimum atomic E-state index is 0.920. The Morgan fingerprint density at radius 1 is 1.09 bits per heavy atom. The monoisotopic (exact) mass is 286 g/mol. The van der Waals surface area contributed by atoms with Crippen molar-refractivity contribution in [3.8, 4) is 5.69 Å². The van der Waals surface area contributed by atoms with Gasteiger partial charge in [0.15, 0.2) is 6.20 Å². The first-order chi connectivity index (χ1) is 10.7. The van der Waals surface area contributed by atoms with E-state index in [0.29, 0.717) is 0 Å². The van der Waals surface area contributed by atoms with Crippen molar-refractivity contribution < 1.29 is 4.57 Å². The normalized spacial score (nSPS) is 12.8. The number of hydrogen-bond donors (Lipinski definition) is 0. The van der Waals surface area contributed by atoms with Gasteiger partial charge in [-0.15, -0.1) is 0 Å². The van der Waals surface area contributed by atoms with E-state index in [1.54, 1.807) is 0 Å². The van der Waals surface area contributed by atoms with Crippen molar-refractivity contribution in [2.45, 2.75) is 13.3 Å². The van der Waals surface area contributed by atoms with E-state index >= 15 is 0 Å². The van der Waals surface area contributed by atoms with Gasteiger partial charge in [-0.3, -0.25) is 4.57 Å². The summed E-state index contributed by atoms with van der Waals surface area (Å²) in [5, 5.41) is 1.25. The summed E-state index contributed by atoms with van der Waals surface area (Å²) in [6, 6.07) is 15.1. The summed E-state index contributed by atoms with van der Waals surface area (Å²) in [7, 11) is 2.11. The molecule has 106 valence electrons. The predicted octanol–water partition coefficient (Wildman–Crippen LogP) is 3.22. The van der Waals surface area contributed by atoms with E-state index in [4.69, 9.17) is 4.98 Å². The first kappa shape index (κ1) is 11.9. The Morgan fingerprint density at radius 3 is 2.91 bits per heavy atom. The van der Waals surface area contributed by atoms with Crippen LogP contribution in [-0.2, 0) is 13.5 Å². The summed E-state index contributed by atoms with van der Waals surface area (Å²) in [6.45, 7) is 2.19. The molecule has 1 aliphatic rings. The quantitative estimate of drug-likeness (QED) is 0.401. The molecule has 0 radical (unpaired) electrons. The minimum Gasteiger partial charge on any atom is -0.290 e. The molecule has 0 saturated heterocycles. The summed E-state index contributed by atoms with van der Waals surface area (Å²) in [6.07, 6.45) is 3.03. The Bertz CT molecular complexity index is 1070. The van der Waals surface area contributed by atoms with Gasteiger partial charge in [-0.25, -0.2) is 4.98 Å². The van der Waals surface area contributed by atoms with Gasteiger partial charge in [0.1, 0.15) is 18.4 Å². The molecular formula is C19H16N3+. The smallest absolute Gasteiger partial charge is 0.238 e. The molecule has 0 fully saturated rings. The molecule has 3 heterocycles. The number of hydrogen-bond acceptors (Lipinski definition) is 1. The number of imidazole rings is 1. The SMILES string of the molecule is Cc1cccc2c1-n1c(nc3ccc4ccc[n+](C)c4c31)C2. The Balaban J connectivity index is 2.04. The second-order valence-electron chi connectivity index (χ2n) is 6.11. The second-order valence-corrected chi connectivity index (χ2v) is 6.11. The van der Waals surface area contributed by atoms with E-state index in [0.717, 1.165) is 17.8 Å². The zero-order valence-electron chi connectivity index (χ0n) is 12.7. The second kappa shape index (κ2) is 3.95. The van der Waals surface area contributed by atoms with Crippen LogP contribution in [0, 0.1) is 6.92 Å². The average Bonchev–Trinajstić information content (AvgIpc) is 3.03. The molecule has 0 aliphatic carbocycles. The number of fused-ring (bicyclic) bond motifs is 7. The maximum Gasteiger partial charge on any atom is 0.238 e. The molecule has 5 rings (SSSR count). The van der Waals surface area contributed by atoms with Crippen molar-refractivity contribution in [2.24, 2.45) is 7.05 Å². The van der Waals surface area contributed by atoms with Gasteiger partial charge in [-0.1, -0.05) is 18.2 Å². The molecule has 0 bridgehead atoms. The number of para-hydroxylation sites is 1. The molecule has 4 aromatic rings. The zero-order valence-corrected chi connectivity index (χ0v) is 12.7. The molecule has 1 aliphatic heterocycles. The number of rotatable bonds is 0. The molecule has 0 spiro atoms. The van der Waals surface area contributed by atoms with E-state index < -0.39 is 0 Å². The zero-order chi connectivity index (χ0) is 14.8. The molecule has 3 heteroatoms. The molecule has 2 aromatic carbocycles. The number of nitrogens with zero attached hydrogens (tertiary/aromatic N) is 3. The number of aromatic nitrogens is 3. The molecule has 0 N–H and O–H groups in total. The highest BCUT2D eigenvalue weighted by atomic mass is 15.1. The Kier molecular flexibility index (Phi) is 2.14. The topological polar surface area (TPSA) is 21.7 Å². The van der Waals surface area contributed by atoms with Gasteiger partial charge in [0.25, 0.3) is 0 Å². The van der Waals surface area contributed by atoms with Crippen molar-refractivity contribution in [1.29, 1.82) is 0 Å². The highest BCUT2D eigenvalue weighted by Gasteiger charge is 2.27. The standard InChI is InChI=1S/C19H16N3/c1-12-5-3-6-14-11-16-20-15-9-8-13-7-4-10-21(2)18(13)19(15)22(16)17(12)14/h3-10H,11H2,1-2H3/q+1. The lowest BCUT2D eigenvalue weighted by molar-refractivity contribution is -0.644. The molecule has 22 heavy (non-hydrogen) atoms. The largest absolute Gasteiger partial charge is 0.290 e. The van der Waals surface area contributed by atoms with Crippen molar-refractivity contribution in [3.05, 3.63) is 65.6 Å². The lowest BCUT2D eigenvalue weighted by Crippen LogP contribution is -2.28. The van der Waals surface area contributed by atoms with E-state index in [-0.39, 0.29) is 0 Å². The number of pyridine rings is 1. The van der Waals surface area contributed by atoms with Crippen LogP contribution in [0.4, 0.5) is 0 Å². The lowest BCUT2D eigenvalue weighted by atomic mass is 10.1. The van der Waals surface area contributed by atoms with Crippen LogP contribution in [0.3, 0.4) is 0 Å². The van der Waals surface area contributed by atoms with Crippen LogP contribution < -0.4 is 4.57 Å². The number of aryl methyl sites for hydroxylation is 2. The van der Waals surface area contributed by atoms with Gasteiger partial charge in [0, 0.05) is 17.9 Å². The third-order valence-electron chi connectivity index (χ3n) is 4.72. The summed E-state index contributed by atoms with van der Waals surface area (Å²) < 4.78 is 4.56. The fourth-order valence-electron chi connectivity index (χ4n) is 3.78. The molecule has 0 atom stereocenters. The van der Waals surface area contributed by atoms with Gasteiger partial charge in [-0.05, 0) is 36.2 Å². The van der Waals surface area contributed by atoms with Gasteiger partial charge in [0.05, 0.1) is 11.2 Å². The van der Waals surface area contributed by atoms with Crippen molar-refractivity contribution >= 4 is 21.9 Å². The number of benzene rings is 2. The average molecular weight is 286 g/mol. The summed E-state index contributed by atoms with van der Waals surface area (Å²) in [5.41, 5.74) is 7.55. The molecule has 0 saturated carbocycles. The van der Waals surface area contributed by atoms with Crippen LogP contribution in [0.1, 0.15) is 17.0 Å². The van der Waals surface area contributed by atoms with Crippen molar-refractivity contribution in [1.82, 2.24) is 9.55 Å². The summed E-state index contributed by atoms with van der Waals surface area (Å²) >= 11 is 0. The fraction of sp³-hybridized carbons (Fsp3) is 0.158. The predicted molar refractivity (Wildman–Crippen MR) is 87.3 cm³/mol. The third-order valence-corrected chi connectivity index (χ3v) is 4.72. The van der Waals surface area contributed by atoms with E-state index in [1.807, 2.05) is 0 Å². The molecular weight excluding hydrogens is 270 g/mol. The first-order valence-electron chi connectivity index (χ1n) is 7.61. The van der Waals surface area contributed by atoms with Gasteiger partial charge >= 0.3 is 0 Å². The van der Waals surface area contributed by atoms with Gasteiger partial charge < -0.3 is 0 Å². The van der Waals surface area contributed by atoms with Crippen LogP contribution >= 0.6 is 0 Å². The summed E-state index contributed by atoms with van der Waals surface area (Å²) in [5.74, 6) is 1.15. The first-order valence-corrected chi connectivity index (χ1v) is 7.61. The highest BCUT2D eigenvalue weighted by molar-refractivity contribution is 6.01. The van der Waals surface area contributed by atoms with Crippen LogP contribution in [-0.4, -0.2) is 9.55 Å². The minimum absolute atomic E-state index is 0.920. The maximum absolute atomic E-state index is 4.89. The molecule has 2 aromatic heterocycles. The Hall–Kier alpha value is -2.68. The summed E-state index contributed by atoms with van der Waals surface area (Å²) in [4.78, 5) is 4.89. The third kappa shape index (κ3) is 1.36. The van der Waals surface area contributed by atoms with E-state index in [1.165, 1.54) is 33.2 Å². The van der Waals surface area contributed by atoms with Crippen molar-refractivity contribution in [3.63, 3.8) is 0 Å². The highest BCUT2D eigenvalue weighted by Crippen LogP contribution is 2.35. The molecule has 3 nitrogen and oxygen atoms in total. The lowest BCUT2D eigenvalue weighted by Gasteiger charge is -2.08.